The molecule has 0 aromatic rings. The van der Waals surface area contributed by atoms with Gasteiger partial charge in [0, 0.05) is 6.21 Å². The molecular weight excluding hydrogens is 104 g/mol. The summed E-state index contributed by atoms with van der Waals surface area (Å²) in [7, 11) is 0. The predicted molar refractivity (Wildman–Crippen MR) is 32.5 cm³/mol. The van der Waals surface area contributed by atoms with Gasteiger partial charge < -0.3 is 5.32 Å². The fraction of sp³-hybridized carbons (Fsp3) is 0.200. The normalized spacial score (nSPS) is 9.12. The molecule has 0 aromatic heterocycles. The van der Waals surface area contributed by atoms with E-state index in [-0.39, 0.29) is 0 Å². The van der Waals surface area contributed by atoms with Crippen LogP contribution in [-0.2, 0) is 4.79 Å². The quantitative estimate of drug-likeness (QED) is 0.414. The largest absolute Gasteiger partial charge is 0.314 e. The third-order valence-electron chi connectivity index (χ3n) is 0.510. The van der Waals surface area contributed by atoms with Crippen molar-refractivity contribution in [3.8, 4) is 0 Å². The van der Waals surface area contributed by atoms with E-state index in [1.807, 2.05) is 0 Å². The molecule has 1 N–H and O–H groups in total. The van der Waals surface area contributed by atoms with Gasteiger partial charge in [-0.2, -0.15) is 0 Å². The highest BCUT2D eigenvalue weighted by atomic mass is 16.1. The molecule has 0 saturated heterocycles. The molecule has 0 unspecified atom stereocenters. The van der Waals surface area contributed by atoms with Crippen LogP contribution in [0, 0.1) is 0 Å². The van der Waals surface area contributed by atoms with Gasteiger partial charge in [0.2, 0.25) is 6.41 Å². The van der Waals surface area contributed by atoms with Crippen molar-refractivity contribution in [3.63, 3.8) is 0 Å². The van der Waals surface area contributed by atoms with E-state index in [0.29, 0.717) is 12.2 Å². The van der Waals surface area contributed by atoms with E-state index < -0.39 is 0 Å². The number of rotatable bonds is 3. The van der Waals surface area contributed by atoms with Crippen LogP contribution >= 0.6 is 0 Å². The number of carbonyl (C=O) groups excluding carboxylic acids is 1. The number of aliphatic imine (C=N–C) groups is 1. The summed E-state index contributed by atoms with van der Waals surface area (Å²) in [4.78, 5) is 13.3. The molecule has 0 atom stereocenters. The summed E-state index contributed by atoms with van der Waals surface area (Å²) in [5.41, 5.74) is 0. The SMILES string of the molecule is C=C(/N=C\C)NC=O. The Bertz CT molecular complexity index is 118. The van der Waals surface area contributed by atoms with Gasteiger partial charge in [-0.15, -0.1) is 0 Å². The highest BCUT2D eigenvalue weighted by molar-refractivity contribution is 5.57. The summed E-state index contributed by atoms with van der Waals surface area (Å²) in [6, 6.07) is 0. The van der Waals surface area contributed by atoms with Gasteiger partial charge in [0.25, 0.3) is 0 Å². The second-order valence-corrected chi connectivity index (χ2v) is 1.10. The minimum absolute atomic E-state index is 0.363. The topological polar surface area (TPSA) is 41.5 Å². The first-order valence-electron chi connectivity index (χ1n) is 2.19. The lowest BCUT2D eigenvalue weighted by Gasteiger charge is -1.90. The second kappa shape index (κ2) is 4.05. The van der Waals surface area contributed by atoms with Crippen LogP contribution in [0.3, 0.4) is 0 Å². The van der Waals surface area contributed by atoms with Gasteiger partial charge in [0.05, 0.1) is 0 Å². The zero-order valence-corrected chi connectivity index (χ0v) is 4.72. The number of nitrogens with zero attached hydrogens (tertiary/aromatic N) is 1. The van der Waals surface area contributed by atoms with Crippen molar-refractivity contribution in [1.29, 1.82) is 0 Å². The highest BCUT2D eigenvalue weighted by Crippen LogP contribution is 1.78. The molecule has 0 rings (SSSR count). The lowest BCUT2D eigenvalue weighted by molar-refractivity contribution is -0.108. The van der Waals surface area contributed by atoms with Crippen molar-refractivity contribution in [1.82, 2.24) is 5.32 Å². The first-order valence-corrected chi connectivity index (χ1v) is 2.19. The monoisotopic (exact) mass is 112 g/mol. The molecule has 0 fully saturated rings. The molecule has 0 heterocycles. The highest BCUT2D eigenvalue weighted by Gasteiger charge is 1.78. The Balaban J connectivity index is 3.48. The first kappa shape index (κ1) is 6.88. The summed E-state index contributed by atoms with van der Waals surface area (Å²) < 4.78 is 0. The molecule has 0 spiro atoms. The molecule has 0 bridgehead atoms. The van der Waals surface area contributed by atoms with Crippen LogP contribution in [0.25, 0.3) is 0 Å². The van der Waals surface area contributed by atoms with E-state index in [9.17, 15) is 4.79 Å². The van der Waals surface area contributed by atoms with Gasteiger partial charge in [-0.3, -0.25) is 4.79 Å². The van der Waals surface area contributed by atoms with Crippen LogP contribution in [0.5, 0.6) is 0 Å². The Kier molecular flexibility index (Phi) is 3.48. The van der Waals surface area contributed by atoms with Crippen LogP contribution in [0.1, 0.15) is 6.92 Å². The molecule has 3 heteroatoms. The lowest BCUT2D eigenvalue weighted by Crippen LogP contribution is -2.06. The van der Waals surface area contributed by atoms with Crippen molar-refractivity contribution in [2.45, 2.75) is 6.92 Å². The van der Waals surface area contributed by atoms with Crippen LogP contribution in [0.4, 0.5) is 0 Å². The third kappa shape index (κ3) is 3.08. The number of hydrogen-bond acceptors (Lipinski definition) is 2. The molecule has 0 aromatic carbocycles. The van der Waals surface area contributed by atoms with Crippen LogP contribution in [-0.4, -0.2) is 12.6 Å². The van der Waals surface area contributed by atoms with Gasteiger partial charge in [-0.25, -0.2) is 4.99 Å². The molecule has 0 aliphatic carbocycles. The molecule has 1 amide bonds. The van der Waals surface area contributed by atoms with Crippen LogP contribution in [0.15, 0.2) is 17.4 Å². The predicted octanol–water partition coefficient (Wildman–Crippen LogP) is 0.294. The van der Waals surface area contributed by atoms with Crippen LogP contribution in [0.2, 0.25) is 0 Å². The Labute approximate surface area is 48.1 Å². The van der Waals surface area contributed by atoms with Gasteiger partial charge >= 0.3 is 0 Å². The van der Waals surface area contributed by atoms with E-state index in [0.717, 1.165) is 0 Å². The summed E-state index contributed by atoms with van der Waals surface area (Å²) in [6.07, 6.45) is 2.09. The van der Waals surface area contributed by atoms with Crippen molar-refractivity contribution in [2.24, 2.45) is 4.99 Å². The Hall–Kier alpha value is -1.12. The fourth-order valence-corrected chi connectivity index (χ4v) is 0.261. The average molecular weight is 112 g/mol. The average Bonchev–Trinajstić information content (AvgIpc) is 1.68. The maximum Gasteiger partial charge on any atom is 0.212 e. The molecular formula is C5H8N2O. The van der Waals surface area contributed by atoms with Crippen molar-refractivity contribution in [2.75, 3.05) is 0 Å². The van der Waals surface area contributed by atoms with Crippen molar-refractivity contribution in [3.05, 3.63) is 12.4 Å². The zero-order valence-electron chi connectivity index (χ0n) is 4.72. The lowest BCUT2D eigenvalue weighted by atomic mass is 10.7. The van der Waals surface area contributed by atoms with E-state index in [4.69, 9.17) is 0 Å². The van der Waals surface area contributed by atoms with Crippen molar-refractivity contribution >= 4 is 12.6 Å². The molecule has 3 nitrogen and oxygen atoms in total. The Morgan fingerprint density at radius 1 is 1.88 bits per heavy atom. The van der Waals surface area contributed by atoms with Gasteiger partial charge in [-0.1, -0.05) is 6.58 Å². The fourth-order valence-electron chi connectivity index (χ4n) is 0.261. The molecule has 0 radical (unpaired) electrons. The second-order valence-electron chi connectivity index (χ2n) is 1.10. The van der Waals surface area contributed by atoms with Crippen LogP contribution < -0.4 is 5.32 Å². The van der Waals surface area contributed by atoms with E-state index >= 15 is 0 Å². The standard InChI is InChI=1S/C5H8N2O/c1-3-6-5(2)7-4-8/h3-4H,2H2,1H3,(H,7,8)/b6-3-. The molecule has 0 saturated carbocycles. The zero-order chi connectivity index (χ0) is 6.41. The molecule has 8 heavy (non-hydrogen) atoms. The maximum atomic E-state index is 9.64. The smallest absolute Gasteiger partial charge is 0.212 e. The van der Waals surface area contributed by atoms with Crippen molar-refractivity contribution < 1.29 is 4.79 Å². The van der Waals surface area contributed by atoms with Gasteiger partial charge in [0.15, 0.2) is 0 Å². The number of carbonyl (C=O) groups is 1. The minimum atomic E-state index is 0.363. The number of hydrogen-bond donors (Lipinski definition) is 1. The van der Waals surface area contributed by atoms with E-state index in [2.05, 4.69) is 16.9 Å². The molecule has 0 aliphatic rings. The molecule has 44 valence electrons. The third-order valence-corrected chi connectivity index (χ3v) is 0.510. The first-order chi connectivity index (χ1) is 3.81. The summed E-state index contributed by atoms with van der Waals surface area (Å²) in [5, 5.41) is 2.27. The summed E-state index contributed by atoms with van der Waals surface area (Å²) in [5.74, 6) is 0.363. The van der Waals surface area contributed by atoms with Gasteiger partial charge in [-0.05, 0) is 6.92 Å². The van der Waals surface area contributed by atoms with E-state index in [1.54, 1.807) is 13.1 Å². The minimum Gasteiger partial charge on any atom is -0.314 e. The molecule has 0 aliphatic heterocycles. The maximum absolute atomic E-state index is 9.64. The Morgan fingerprint density at radius 2 is 2.50 bits per heavy atom. The number of amides is 1. The van der Waals surface area contributed by atoms with E-state index in [1.165, 1.54) is 0 Å². The Morgan fingerprint density at radius 3 is 2.88 bits per heavy atom. The summed E-state index contributed by atoms with van der Waals surface area (Å²) >= 11 is 0. The van der Waals surface area contributed by atoms with Gasteiger partial charge in [0.1, 0.15) is 5.82 Å². The number of nitrogens with one attached hydrogen (secondary N) is 1. The summed E-state index contributed by atoms with van der Waals surface area (Å²) in [6.45, 7) is 5.14.